The Morgan fingerprint density at radius 2 is 1.84 bits per heavy atom. The highest BCUT2D eigenvalue weighted by Gasteiger charge is 2.10. The van der Waals surface area contributed by atoms with Gasteiger partial charge in [0.05, 0.1) is 6.10 Å². The molecule has 0 spiro atoms. The fourth-order valence-electron chi connectivity index (χ4n) is 2.46. The maximum absolute atomic E-state index is 10.0. The number of nitrogens with one attached hydrogen (secondary N) is 1. The number of benzene rings is 1. The van der Waals surface area contributed by atoms with Crippen molar-refractivity contribution in [3.05, 3.63) is 34.9 Å². The third-order valence-corrected chi connectivity index (χ3v) is 3.90. The van der Waals surface area contributed by atoms with Crippen molar-refractivity contribution < 1.29 is 5.11 Å². The molecule has 4 heteroatoms. The van der Waals surface area contributed by atoms with E-state index < -0.39 is 6.10 Å². The molecule has 1 aromatic rings. The van der Waals surface area contributed by atoms with E-state index in [2.05, 4.69) is 10.2 Å². The van der Waals surface area contributed by atoms with Gasteiger partial charge in [0.15, 0.2) is 0 Å². The van der Waals surface area contributed by atoms with Crippen LogP contribution in [-0.4, -0.2) is 42.7 Å². The normalized spacial score (nSPS) is 18.4. The summed E-state index contributed by atoms with van der Waals surface area (Å²) in [5.74, 6) is 0. The zero-order valence-corrected chi connectivity index (χ0v) is 12.1. The Bertz CT molecular complexity index is 363. The SMILES string of the molecule is OC(CNCCN1CCCCC1)c1ccc(Cl)cc1. The van der Waals surface area contributed by atoms with Crippen LogP contribution in [0.1, 0.15) is 30.9 Å². The van der Waals surface area contributed by atoms with Gasteiger partial charge >= 0.3 is 0 Å². The average Bonchev–Trinajstić information content (AvgIpc) is 2.45. The maximum Gasteiger partial charge on any atom is 0.0914 e. The first-order valence-electron chi connectivity index (χ1n) is 7.12. The third-order valence-electron chi connectivity index (χ3n) is 3.65. The highest BCUT2D eigenvalue weighted by molar-refractivity contribution is 6.30. The predicted molar refractivity (Wildman–Crippen MR) is 79.6 cm³/mol. The molecule has 0 aromatic heterocycles. The van der Waals surface area contributed by atoms with Crippen molar-refractivity contribution in [3.63, 3.8) is 0 Å². The van der Waals surface area contributed by atoms with Crippen LogP contribution < -0.4 is 5.32 Å². The smallest absolute Gasteiger partial charge is 0.0914 e. The summed E-state index contributed by atoms with van der Waals surface area (Å²) in [6.45, 7) is 5.05. The number of hydrogen-bond acceptors (Lipinski definition) is 3. The first-order valence-corrected chi connectivity index (χ1v) is 7.50. The van der Waals surface area contributed by atoms with Crippen LogP contribution in [0.25, 0.3) is 0 Å². The van der Waals surface area contributed by atoms with Gasteiger partial charge in [-0.15, -0.1) is 0 Å². The molecule has 19 heavy (non-hydrogen) atoms. The van der Waals surface area contributed by atoms with Gasteiger partial charge in [0.25, 0.3) is 0 Å². The topological polar surface area (TPSA) is 35.5 Å². The molecule has 1 fully saturated rings. The van der Waals surface area contributed by atoms with Gasteiger partial charge in [-0.2, -0.15) is 0 Å². The van der Waals surface area contributed by atoms with Crippen molar-refractivity contribution in [1.29, 1.82) is 0 Å². The molecule has 0 bridgehead atoms. The average molecular weight is 283 g/mol. The number of halogens is 1. The summed E-state index contributed by atoms with van der Waals surface area (Å²) >= 11 is 5.83. The molecule has 1 aliphatic rings. The molecule has 0 radical (unpaired) electrons. The number of aliphatic hydroxyl groups is 1. The van der Waals surface area contributed by atoms with Crippen molar-refractivity contribution in [1.82, 2.24) is 10.2 Å². The van der Waals surface area contributed by atoms with E-state index in [0.29, 0.717) is 11.6 Å². The predicted octanol–water partition coefficient (Wildman–Crippen LogP) is 2.45. The van der Waals surface area contributed by atoms with Gasteiger partial charge in [-0.25, -0.2) is 0 Å². The Morgan fingerprint density at radius 1 is 1.16 bits per heavy atom. The lowest BCUT2D eigenvalue weighted by atomic mass is 10.1. The van der Waals surface area contributed by atoms with E-state index in [9.17, 15) is 5.11 Å². The number of likely N-dealkylation sites (tertiary alicyclic amines) is 1. The van der Waals surface area contributed by atoms with Crippen molar-refractivity contribution in [2.75, 3.05) is 32.7 Å². The van der Waals surface area contributed by atoms with Gasteiger partial charge in [0.1, 0.15) is 0 Å². The minimum Gasteiger partial charge on any atom is -0.387 e. The summed E-state index contributed by atoms with van der Waals surface area (Å²) in [6.07, 6.45) is 3.57. The van der Waals surface area contributed by atoms with Crippen molar-refractivity contribution >= 4 is 11.6 Å². The second-order valence-electron chi connectivity index (χ2n) is 5.17. The number of rotatable bonds is 6. The summed E-state index contributed by atoms with van der Waals surface area (Å²) in [5, 5.41) is 14.1. The maximum atomic E-state index is 10.0. The lowest BCUT2D eigenvalue weighted by Crippen LogP contribution is -2.36. The van der Waals surface area contributed by atoms with Gasteiger partial charge < -0.3 is 15.3 Å². The first kappa shape index (κ1) is 14.8. The summed E-state index contributed by atoms with van der Waals surface area (Å²) in [6, 6.07) is 7.38. The zero-order valence-electron chi connectivity index (χ0n) is 11.3. The summed E-state index contributed by atoms with van der Waals surface area (Å²) in [5.41, 5.74) is 0.912. The van der Waals surface area contributed by atoms with Crippen LogP contribution in [0.5, 0.6) is 0 Å². The molecule has 106 valence electrons. The number of nitrogens with zero attached hydrogens (tertiary/aromatic N) is 1. The molecule has 1 saturated heterocycles. The van der Waals surface area contributed by atoms with Crippen LogP contribution in [0.15, 0.2) is 24.3 Å². The third kappa shape index (κ3) is 5.11. The first-order chi connectivity index (χ1) is 9.25. The molecule has 0 aliphatic carbocycles. The Kier molecular flexibility index (Phi) is 6.11. The van der Waals surface area contributed by atoms with Gasteiger partial charge in [0, 0.05) is 24.7 Å². The van der Waals surface area contributed by atoms with Crippen LogP contribution >= 0.6 is 11.6 Å². The Labute approximate surface area is 120 Å². The molecule has 0 amide bonds. The summed E-state index contributed by atoms with van der Waals surface area (Å²) < 4.78 is 0. The summed E-state index contributed by atoms with van der Waals surface area (Å²) in [4.78, 5) is 2.49. The van der Waals surface area contributed by atoms with E-state index in [4.69, 9.17) is 11.6 Å². The van der Waals surface area contributed by atoms with Gasteiger partial charge in [0.2, 0.25) is 0 Å². The van der Waals surface area contributed by atoms with E-state index in [1.807, 2.05) is 24.3 Å². The van der Waals surface area contributed by atoms with Crippen LogP contribution in [-0.2, 0) is 0 Å². The second kappa shape index (κ2) is 7.85. The highest BCUT2D eigenvalue weighted by Crippen LogP contribution is 2.15. The van der Waals surface area contributed by atoms with E-state index in [-0.39, 0.29) is 0 Å². The molecule has 1 aliphatic heterocycles. The molecular formula is C15H23ClN2O. The fraction of sp³-hybridized carbons (Fsp3) is 0.600. The molecular weight excluding hydrogens is 260 g/mol. The Balaban J connectivity index is 1.63. The monoisotopic (exact) mass is 282 g/mol. The second-order valence-corrected chi connectivity index (χ2v) is 5.61. The standard InChI is InChI=1S/C15H23ClN2O/c16-14-6-4-13(5-7-14)15(19)12-17-8-11-18-9-2-1-3-10-18/h4-7,15,17,19H,1-3,8-12H2. The Morgan fingerprint density at radius 3 is 2.53 bits per heavy atom. The lowest BCUT2D eigenvalue weighted by Gasteiger charge is -2.26. The molecule has 1 aromatic carbocycles. The van der Waals surface area contributed by atoms with E-state index in [1.165, 1.54) is 32.4 Å². The molecule has 1 unspecified atom stereocenters. The fourth-order valence-corrected chi connectivity index (χ4v) is 2.59. The lowest BCUT2D eigenvalue weighted by molar-refractivity contribution is 0.169. The number of piperidine rings is 1. The highest BCUT2D eigenvalue weighted by atomic mass is 35.5. The summed E-state index contributed by atoms with van der Waals surface area (Å²) in [7, 11) is 0. The van der Waals surface area contributed by atoms with Crippen LogP contribution in [0.4, 0.5) is 0 Å². The zero-order chi connectivity index (χ0) is 13.5. The minimum atomic E-state index is -0.460. The van der Waals surface area contributed by atoms with E-state index >= 15 is 0 Å². The Hall–Kier alpha value is -0.610. The van der Waals surface area contributed by atoms with Crippen molar-refractivity contribution in [3.8, 4) is 0 Å². The van der Waals surface area contributed by atoms with Gasteiger partial charge in [-0.05, 0) is 43.6 Å². The van der Waals surface area contributed by atoms with Crippen molar-refractivity contribution in [2.24, 2.45) is 0 Å². The molecule has 1 atom stereocenters. The van der Waals surface area contributed by atoms with Crippen LogP contribution in [0.3, 0.4) is 0 Å². The number of aliphatic hydroxyl groups excluding tert-OH is 1. The quantitative estimate of drug-likeness (QED) is 0.787. The van der Waals surface area contributed by atoms with Crippen LogP contribution in [0.2, 0.25) is 5.02 Å². The molecule has 0 saturated carbocycles. The molecule has 2 N–H and O–H groups in total. The van der Waals surface area contributed by atoms with E-state index in [0.717, 1.165) is 18.7 Å². The van der Waals surface area contributed by atoms with Gasteiger partial charge in [-0.3, -0.25) is 0 Å². The largest absolute Gasteiger partial charge is 0.387 e. The van der Waals surface area contributed by atoms with Crippen LogP contribution in [0, 0.1) is 0 Å². The number of hydrogen-bond donors (Lipinski definition) is 2. The van der Waals surface area contributed by atoms with E-state index in [1.54, 1.807) is 0 Å². The molecule has 2 rings (SSSR count). The van der Waals surface area contributed by atoms with Crippen molar-refractivity contribution in [2.45, 2.75) is 25.4 Å². The molecule has 3 nitrogen and oxygen atoms in total. The van der Waals surface area contributed by atoms with Gasteiger partial charge in [-0.1, -0.05) is 30.2 Å². The minimum absolute atomic E-state index is 0.460. The molecule has 1 heterocycles.